The minimum Gasteiger partial charge on any atom is -0.497 e. The molecule has 5 nitrogen and oxygen atoms in total. The van der Waals surface area contributed by atoms with Crippen LogP contribution >= 0.6 is 0 Å². The predicted molar refractivity (Wildman–Crippen MR) is 97.9 cm³/mol. The molecule has 1 rings (SSSR count). The lowest BCUT2D eigenvalue weighted by Gasteiger charge is -2.29. The topological polar surface area (TPSA) is 65.0 Å². The van der Waals surface area contributed by atoms with E-state index in [1.54, 1.807) is 13.2 Å². The van der Waals surface area contributed by atoms with Gasteiger partial charge >= 0.3 is 6.16 Å². The first kappa shape index (κ1) is 21.0. The van der Waals surface area contributed by atoms with Crippen LogP contribution < -0.4 is 4.74 Å². The fraction of sp³-hybridized carbons (Fsp3) is 0.550. The Morgan fingerprint density at radius 1 is 1.20 bits per heavy atom. The van der Waals surface area contributed by atoms with E-state index in [1.807, 2.05) is 31.2 Å². The number of hydrogen-bond acceptors (Lipinski definition) is 4. The Hall–Kier alpha value is -2.01. The zero-order valence-electron chi connectivity index (χ0n) is 15.6. The average Bonchev–Trinajstić information content (AvgIpc) is 2.58. The van der Waals surface area contributed by atoms with Crippen LogP contribution in [-0.4, -0.2) is 30.6 Å². The van der Waals surface area contributed by atoms with Crippen molar-refractivity contribution >= 4 is 6.16 Å². The van der Waals surface area contributed by atoms with Gasteiger partial charge in [0.05, 0.1) is 19.8 Å². The third kappa shape index (κ3) is 7.61. The molecule has 0 heterocycles. The zero-order valence-corrected chi connectivity index (χ0v) is 15.6. The Labute approximate surface area is 150 Å². The first-order valence-electron chi connectivity index (χ1n) is 8.64. The summed E-state index contributed by atoms with van der Waals surface area (Å²) in [7, 11) is 1.63. The summed E-state index contributed by atoms with van der Waals surface area (Å²) in [6.07, 6.45) is 1.29. The maximum absolute atomic E-state index is 11.0. The van der Waals surface area contributed by atoms with E-state index in [9.17, 15) is 4.79 Å². The SMILES string of the molecule is C=C[C@@H](OC(=O)O)[C@@H](CCC(C)C)[C@H](C)OCc1ccc(OC)cc1. The molecule has 3 atom stereocenters. The lowest BCUT2D eigenvalue weighted by molar-refractivity contribution is -0.0392. The molecule has 0 aliphatic carbocycles. The number of methoxy groups -OCH3 is 1. The van der Waals surface area contributed by atoms with Gasteiger partial charge in [-0.1, -0.05) is 45.1 Å². The van der Waals surface area contributed by atoms with Gasteiger partial charge in [-0.25, -0.2) is 4.79 Å². The van der Waals surface area contributed by atoms with Gasteiger partial charge in [0.25, 0.3) is 0 Å². The third-order valence-corrected chi connectivity index (χ3v) is 4.24. The fourth-order valence-electron chi connectivity index (χ4n) is 2.69. The molecule has 140 valence electrons. The van der Waals surface area contributed by atoms with Crippen molar-refractivity contribution in [2.45, 2.75) is 52.4 Å². The summed E-state index contributed by atoms with van der Waals surface area (Å²) in [5.41, 5.74) is 1.03. The van der Waals surface area contributed by atoms with Crippen LogP contribution in [-0.2, 0) is 16.1 Å². The standard InChI is InChI=1S/C20H30O5/c1-6-19(25-20(21)22)18(12-7-14(2)3)15(4)24-13-16-8-10-17(23-5)11-9-16/h6,8-11,14-15,18-19H,1,7,12-13H2,2-5H3,(H,21,22)/t15-,18-,19+/m0/s1. The summed E-state index contributed by atoms with van der Waals surface area (Å²) in [6.45, 7) is 10.4. The van der Waals surface area contributed by atoms with Gasteiger partial charge in [0.1, 0.15) is 11.9 Å². The Balaban J connectivity index is 2.73. The van der Waals surface area contributed by atoms with Gasteiger partial charge in [-0.05, 0) is 37.0 Å². The van der Waals surface area contributed by atoms with Crippen LogP contribution in [0.2, 0.25) is 0 Å². The third-order valence-electron chi connectivity index (χ3n) is 4.24. The first-order chi connectivity index (χ1) is 11.9. The van der Waals surface area contributed by atoms with E-state index in [1.165, 1.54) is 0 Å². The summed E-state index contributed by atoms with van der Waals surface area (Å²) in [5.74, 6) is 1.24. The molecule has 0 fully saturated rings. The molecule has 0 amide bonds. The van der Waals surface area contributed by atoms with Gasteiger partial charge in [0, 0.05) is 5.92 Å². The van der Waals surface area contributed by atoms with Crippen LogP contribution in [0, 0.1) is 11.8 Å². The van der Waals surface area contributed by atoms with E-state index in [0.29, 0.717) is 12.5 Å². The summed E-state index contributed by atoms with van der Waals surface area (Å²) in [4.78, 5) is 11.0. The molecular formula is C20H30O5. The molecule has 0 aliphatic rings. The van der Waals surface area contributed by atoms with Crippen molar-refractivity contribution in [3.63, 3.8) is 0 Å². The number of benzene rings is 1. The highest BCUT2D eigenvalue weighted by Gasteiger charge is 2.28. The van der Waals surface area contributed by atoms with Crippen molar-refractivity contribution < 1.29 is 24.1 Å². The molecule has 25 heavy (non-hydrogen) atoms. The monoisotopic (exact) mass is 350 g/mol. The first-order valence-corrected chi connectivity index (χ1v) is 8.64. The predicted octanol–water partition coefficient (Wildman–Crippen LogP) is 4.90. The minimum atomic E-state index is -1.29. The second-order valence-electron chi connectivity index (χ2n) is 6.58. The smallest absolute Gasteiger partial charge is 0.497 e. The van der Waals surface area contributed by atoms with Crippen LogP contribution in [0.4, 0.5) is 4.79 Å². The van der Waals surface area contributed by atoms with Crippen molar-refractivity contribution in [3.8, 4) is 5.75 Å². The minimum absolute atomic E-state index is 0.0748. The van der Waals surface area contributed by atoms with Gasteiger partial charge in [0.15, 0.2) is 0 Å². The van der Waals surface area contributed by atoms with E-state index in [4.69, 9.17) is 19.3 Å². The lowest BCUT2D eigenvalue weighted by Crippen LogP contribution is -2.34. The Morgan fingerprint density at radius 3 is 2.32 bits per heavy atom. The van der Waals surface area contributed by atoms with Gasteiger partial charge in [-0.2, -0.15) is 0 Å². The van der Waals surface area contributed by atoms with Crippen LogP contribution in [0.25, 0.3) is 0 Å². The highest BCUT2D eigenvalue weighted by molar-refractivity contribution is 5.57. The zero-order chi connectivity index (χ0) is 18.8. The molecule has 0 radical (unpaired) electrons. The summed E-state index contributed by atoms with van der Waals surface area (Å²) >= 11 is 0. The number of rotatable bonds is 11. The molecule has 0 aromatic heterocycles. The number of carboxylic acid groups (broad SMARTS) is 1. The van der Waals surface area contributed by atoms with Crippen LogP contribution in [0.1, 0.15) is 39.2 Å². The van der Waals surface area contributed by atoms with Crippen molar-refractivity contribution in [1.29, 1.82) is 0 Å². The van der Waals surface area contributed by atoms with E-state index in [0.717, 1.165) is 24.2 Å². The number of hydrogen-bond donors (Lipinski definition) is 1. The largest absolute Gasteiger partial charge is 0.506 e. The van der Waals surface area contributed by atoms with Crippen molar-refractivity contribution in [2.75, 3.05) is 7.11 Å². The van der Waals surface area contributed by atoms with E-state index in [2.05, 4.69) is 20.4 Å². The Morgan fingerprint density at radius 2 is 1.84 bits per heavy atom. The van der Waals surface area contributed by atoms with Gasteiger partial charge in [-0.15, -0.1) is 0 Å². The molecule has 0 bridgehead atoms. The molecule has 1 N–H and O–H groups in total. The maximum Gasteiger partial charge on any atom is 0.506 e. The molecule has 0 saturated heterocycles. The van der Waals surface area contributed by atoms with Crippen LogP contribution in [0.3, 0.4) is 0 Å². The molecular weight excluding hydrogens is 320 g/mol. The molecule has 0 spiro atoms. The fourth-order valence-corrected chi connectivity index (χ4v) is 2.69. The van der Waals surface area contributed by atoms with Gasteiger partial charge < -0.3 is 19.3 Å². The van der Waals surface area contributed by atoms with E-state index < -0.39 is 12.3 Å². The number of carbonyl (C=O) groups is 1. The highest BCUT2D eigenvalue weighted by Crippen LogP contribution is 2.25. The normalized spacial score (nSPS) is 14.6. The average molecular weight is 350 g/mol. The molecule has 1 aromatic carbocycles. The second kappa shape index (κ2) is 10.8. The Kier molecular flexibility index (Phi) is 9.06. The lowest BCUT2D eigenvalue weighted by atomic mass is 9.89. The molecule has 0 aliphatic heterocycles. The quantitative estimate of drug-likeness (QED) is 0.454. The molecule has 0 saturated carbocycles. The highest BCUT2D eigenvalue weighted by atomic mass is 16.7. The molecule has 0 unspecified atom stereocenters. The second-order valence-corrected chi connectivity index (χ2v) is 6.58. The molecule has 1 aromatic rings. The van der Waals surface area contributed by atoms with Crippen molar-refractivity contribution in [1.82, 2.24) is 0 Å². The molecule has 5 heteroatoms. The van der Waals surface area contributed by atoms with Crippen molar-refractivity contribution in [2.24, 2.45) is 11.8 Å². The van der Waals surface area contributed by atoms with Crippen molar-refractivity contribution in [3.05, 3.63) is 42.5 Å². The van der Waals surface area contributed by atoms with Gasteiger partial charge in [0.2, 0.25) is 0 Å². The maximum atomic E-state index is 11.0. The van der Waals surface area contributed by atoms with Gasteiger partial charge in [-0.3, -0.25) is 0 Å². The van der Waals surface area contributed by atoms with E-state index >= 15 is 0 Å². The summed E-state index contributed by atoms with van der Waals surface area (Å²) in [5, 5.41) is 8.96. The Bertz CT molecular complexity index is 523. The summed E-state index contributed by atoms with van der Waals surface area (Å²) < 4.78 is 16.1. The summed E-state index contributed by atoms with van der Waals surface area (Å²) in [6, 6.07) is 7.68. The van der Waals surface area contributed by atoms with Crippen LogP contribution in [0.5, 0.6) is 5.75 Å². The van der Waals surface area contributed by atoms with Crippen LogP contribution in [0.15, 0.2) is 36.9 Å². The number of ether oxygens (including phenoxy) is 3. The van der Waals surface area contributed by atoms with E-state index in [-0.39, 0.29) is 12.0 Å².